The first-order chi connectivity index (χ1) is 13.7. The fraction of sp³-hybridized carbons (Fsp3) is 0.478. The molecule has 6 heteroatoms. The summed E-state index contributed by atoms with van der Waals surface area (Å²) in [5.74, 6) is -1.14. The molecule has 6 rings (SSSR count). The van der Waals surface area contributed by atoms with Gasteiger partial charge >= 0.3 is 0 Å². The van der Waals surface area contributed by atoms with Crippen molar-refractivity contribution in [1.82, 2.24) is 0 Å². The quantitative estimate of drug-likeness (QED) is 0.609. The summed E-state index contributed by atoms with van der Waals surface area (Å²) in [6.07, 6.45) is 2.15. The number of hydrogen-bond acceptors (Lipinski definition) is 4. The van der Waals surface area contributed by atoms with E-state index in [9.17, 15) is 0 Å². The van der Waals surface area contributed by atoms with E-state index in [0.29, 0.717) is 6.35 Å². The first kappa shape index (κ1) is 20.1. The Labute approximate surface area is 175 Å². The second kappa shape index (κ2) is 6.82. The van der Waals surface area contributed by atoms with Crippen LogP contribution >= 0.6 is 16.1 Å². The van der Waals surface area contributed by atoms with Crippen LogP contribution in [0.1, 0.15) is 40.5 Å². The lowest BCUT2D eigenvalue weighted by Crippen LogP contribution is -2.71. The molecule has 4 aliphatic rings. The van der Waals surface area contributed by atoms with Gasteiger partial charge in [0.1, 0.15) is 0 Å². The molecule has 0 N–H and O–H groups in total. The molecule has 154 valence electrons. The standard InChI is InChI=1S/C23H28O4P2/c1-20-15-22(3)27-21(2,25-20)16-23(4,26-20)28(22)17-24-29(18-11-7-5-8-12-18)19-13-9-6-10-14-19/h5-14H,15-17H2,1-4H3/t20-,21-,22+,23+/m0/s1. The molecule has 4 aliphatic heterocycles. The molecule has 2 aromatic rings. The van der Waals surface area contributed by atoms with E-state index in [2.05, 4.69) is 88.4 Å². The highest BCUT2D eigenvalue weighted by molar-refractivity contribution is 7.69. The Balaban J connectivity index is 1.44. The summed E-state index contributed by atoms with van der Waals surface area (Å²) in [5.41, 5.74) is 0. The minimum atomic E-state index is -0.891. The zero-order valence-corrected chi connectivity index (χ0v) is 19.2. The number of rotatable bonds is 5. The summed E-state index contributed by atoms with van der Waals surface area (Å²) in [7, 11) is -1.57. The largest absolute Gasteiger partial charge is 0.345 e. The number of benzene rings is 2. The molecule has 4 atom stereocenters. The van der Waals surface area contributed by atoms with Gasteiger partial charge in [0.05, 0.1) is 25.2 Å². The van der Waals surface area contributed by atoms with E-state index in [1.54, 1.807) is 0 Å². The highest BCUT2D eigenvalue weighted by Gasteiger charge is 2.71. The van der Waals surface area contributed by atoms with Crippen molar-refractivity contribution in [2.75, 3.05) is 6.35 Å². The van der Waals surface area contributed by atoms with Crippen LogP contribution in [-0.4, -0.2) is 28.6 Å². The second-order valence-electron chi connectivity index (χ2n) is 8.93. The molecule has 0 aromatic heterocycles. The van der Waals surface area contributed by atoms with Crippen LogP contribution < -0.4 is 10.6 Å². The molecule has 0 saturated carbocycles. The molecule has 4 fully saturated rings. The smallest absolute Gasteiger partial charge is 0.173 e. The summed E-state index contributed by atoms with van der Waals surface area (Å²) in [6, 6.07) is 21.1. The third kappa shape index (κ3) is 3.49. The number of hydrogen-bond donors (Lipinski definition) is 0. The van der Waals surface area contributed by atoms with E-state index in [0.717, 1.165) is 12.8 Å². The summed E-state index contributed by atoms with van der Waals surface area (Å²) in [6.45, 7) is 8.57. The van der Waals surface area contributed by atoms with Gasteiger partial charge in [-0.05, 0) is 35.6 Å². The van der Waals surface area contributed by atoms with Gasteiger partial charge in [-0.25, -0.2) is 0 Å². The van der Waals surface area contributed by atoms with Gasteiger partial charge in [-0.2, -0.15) is 0 Å². The molecule has 29 heavy (non-hydrogen) atoms. The highest BCUT2D eigenvalue weighted by atomic mass is 31.1. The van der Waals surface area contributed by atoms with Gasteiger partial charge in [0.25, 0.3) is 0 Å². The molecule has 4 nitrogen and oxygen atoms in total. The number of ether oxygens (including phenoxy) is 3. The average molecular weight is 430 g/mol. The van der Waals surface area contributed by atoms with E-state index in [1.165, 1.54) is 10.6 Å². The Kier molecular flexibility index (Phi) is 4.72. The lowest BCUT2D eigenvalue weighted by atomic mass is 9.98. The van der Waals surface area contributed by atoms with Crippen LogP contribution in [0.5, 0.6) is 0 Å². The van der Waals surface area contributed by atoms with E-state index >= 15 is 0 Å². The van der Waals surface area contributed by atoms with Gasteiger partial charge in [0, 0.05) is 23.5 Å². The van der Waals surface area contributed by atoms with E-state index in [-0.39, 0.29) is 10.7 Å². The summed E-state index contributed by atoms with van der Waals surface area (Å²) >= 11 is 0. The second-order valence-corrected chi connectivity index (χ2v) is 13.8. The minimum Gasteiger partial charge on any atom is -0.345 e. The van der Waals surface area contributed by atoms with E-state index < -0.39 is 27.6 Å². The minimum absolute atomic E-state index is 0.267. The fourth-order valence-corrected chi connectivity index (χ4v) is 11.0. The SMILES string of the molecule is C[C@@]12C[C@]3(C)O[C@@](C)(C[C@](C)(O1)P3COP(c1ccccc1)c1ccccc1)O2. The maximum atomic E-state index is 6.73. The maximum absolute atomic E-state index is 6.73. The van der Waals surface area contributed by atoms with Crippen LogP contribution in [0.25, 0.3) is 0 Å². The van der Waals surface area contributed by atoms with Crippen LogP contribution in [0.3, 0.4) is 0 Å². The lowest BCUT2D eigenvalue weighted by Gasteiger charge is -2.69. The lowest BCUT2D eigenvalue weighted by molar-refractivity contribution is -0.468. The van der Waals surface area contributed by atoms with Crippen LogP contribution in [0.4, 0.5) is 0 Å². The first-order valence-corrected chi connectivity index (χ1v) is 12.9. The Bertz CT molecular complexity index is 807. The molecular formula is C23H28O4P2. The van der Waals surface area contributed by atoms with Gasteiger partial charge in [0.15, 0.2) is 11.6 Å². The summed E-state index contributed by atoms with van der Waals surface area (Å²) in [5, 5.41) is 1.93. The fourth-order valence-electron chi connectivity index (χ4n) is 5.45. The van der Waals surface area contributed by atoms with Gasteiger partial charge in [0.2, 0.25) is 0 Å². The average Bonchev–Trinajstić information content (AvgIpc) is 2.62. The zero-order chi connectivity index (χ0) is 20.3. The Hall–Kier alpha value is -0.860. The zero-order valence-electron chi connectivity index (χ0n) is 17.4. The monoisotopic (exact) mass is 430 g/mol. The van der Waals surface area contributed by atoms with Crippen LogP contribution in [0.15, 0.2) is 60.7 Å². The molecule has 0 unspecified atom stereocenters. The molecule has 4 bridgehead atoms. The van der Waals surface area contributed by atoms with Gasteiger partial charge < -0.3 is 18.7 Å². The van der Waals surface area contributed by atoms with Crippen molar-refractivity contribution < 1.29 is 18.7 Å². The molecule has 2 aromatic carbocycles. The van der Waals surface area contributed by atoms with Crippen molar-refractivity contribution in [2.24, 2.45) is 0 Å². The predicted molar refractivity (Wildman–Crippen MR) is 118 cm³/mol. The van der Waals surface area contributed by atoms with Crippen molar-refractivity contribution >= 4 is 26.7 Å². The third-order valence-electron chi connectivity index (χ3n) is 6.04. The van der Waals surface area contributed by atoms with Gasteiger partial charge in [-0.15, -0.1) is 0 Å². The van der Waals surface area contributed by atoms with Crippen molar-refractivity contribution in [3.8, 4) is 0 Å². The van der Waals surface area contributed by atoms with Crippen LogP contribution in [-0.2, 0) is 18.7 Å². The third-order valence-corrected chi connectivity index (χ3v) is 11.3. The molecule has 4 saturated heterocycles. The van der Waals surface area contributed by atoms with E-state index in [4.69, 9.17) is 18.7 Å². The normalized spacial score (nSPS) is 40.5. The van der Waals surface area contributed by atoms with Crippen molar-refractivity contribution in [2.45, 2.75) is 62.8 Å². The highest BCUT2D eigenvalue weighted by Crippen LogP contribution is 2.76. The molecule has 4 heterocycles. The summed E-state index contributed by atoms with van der Waals surface area (Å²) in [4.78, 5) is 0. The molecule has 0 amide bonds. The van der Waals surface area contributed by atoms with Crippen molar-refractivity contribution in [3.63, 3.8) is 0 Å². The van der Waals surface area contributed by atoms with Gasteiger partial charge in [-0.3, -0.25) is 0 Å². The molecule has 0 radical (unpaired) electrons. The molecular weight excluding hydrogens is 402 g/mol. The first-order valence-electron chi connectivity index (χ1n) is 10.1. The van der Waals surface area contributed by atoms with Crippen molar-refractivity contribution in [1.29, 1.82) is 0 Å². The van der Waals surface area contributed by atoms with E-state index in [1.807, 2.05) is 0 Å². The molecule has 0 aliphatic carbocycles. The Morgan fingerprint density at radius 1 is 0.759 bits per heavy atom. The van der Waals surface area contributed by atoms with Crippen LogP contribution in [0.2, 0.25) is 0 Å². The Morgan fingerprint density at radius 3 is 1.66 bits per heavy atom. The maximum Gasteiger partial charge on any atom is 0.173 e. The van der Waals surface area contributed by atoms with Gasteiger partial charge in [-0.1, -0.05) is 60.7 Å². The van der Waals surface area contributed by atoms with Crippen molar-refractivity contribution in [3.05, 3.63) is 60.7 Å². The molecule has 0 spiro atoms. The predicted octanol–water partition coefficient (Wildman–Crippen LogP) is 5.23. The topological polar surface area (TPSA) is 36.9 Å². The Morgan fingerprint density at radius 2 is 1.21 bits per heavy atom. The van der Waals surface area contributed by atoms with Crippen LogP contribution in [0, 0.1) is 0 Å². The summed E-state index contributed by atoms with van der Waals surface area (Å²) < 4.78 is 26.0.